The second kappa shape index (κ2) is 9.78. The number of benzene rings is 2. The van der Waals surface area contributed by atoms with E-state index >= 15 is 0 Å². The van der Waals surface area contributed by atoms with Crippen LogP contribution in [0.2, 0.25) is 0 Å². The van der Waals surface area contributed by atoms with E-state index in [9.17, 15) is 4.79 Å². The number of para-hydroxylation sites is 1. The number of hydrogen-bond acceptors (Lipinski definition) is 6. The van der Waals surface area contributed by atoms with Crippen molar-refractivity contribution in [3.63, 3.8) is 0 Å². The summed E-state index contributed by atoms with van der Waals surface area (Å²) >= 11 is 1.29. The number of aromatic nitrogens is 3. The maximum absolute atomic E-state index is 12.9. The summed E-state index contributed by atoms with van der Waals surface area (Å²) in [5.74, 6) is 1.16. The highest BCUT2D eigenvalue weighted by molar-refractivity contribution is 7.99. The molecule has 4 rings (SSSR count). The number of rotatable bonds is 8. The normalized spacial score (nSPS) is 10.5. The zero-order valence-corrected chi connectivity index (χ0v) is 17.4. The standard InChI is InChI=1S/C23H19N5O2S/c24-13-14-27(19-10-5-2-6-11-19)21(29)17-31-23-26-25-22(20-12-7-15-30-20)28(23)16-18-8-3-1-4-9-18/h1-12,15H,14,16-17H2. The van der Waals surface area contributed by atoms with Crippen LogP contribution in [0.4, 0.5) is 5.69 Å². The van der Waals surface area contributed by atoms with Gasteiger partial charge in [-0.2, -0.15) is 5.26 Å². The van der Waals surface area contributed by atoms with Gasteiger partial charge in [0.1, 0.15) is 6.54 Å². The van der Waals surface area contributed by atoms with Crippen LogP contribution in [0.3, 0.4) is 0 Å². The highest BCUT2D eigenvalue weighted by Crippen LogP contribution is 2.26. The van der Waals surface area contributed by atoms with Crippen molar-refractivity contribution in [2.24, 2.45) is 0 Å². The Morgan fingerprint density at radius 1 is 1.03 bits per heavy atom. The van der Waals surface area contributed by atoms with Crippen LogP contribution in [0.5, 0.6) is 0 Å². The monoisotopic (exact) mass is 429 g/mol. The van der Waals surface area contributed by atoms with Gasteiger partial charge in [-0.3, -0.25) is 14.3 Å². The molecule has 0 saturated carbocycles. The Labute approximate surface area is 183 Å². The molecule has 0 aliphatic carbocycles. The maximum Gasteiger partial charge on any atom is 0.238 e. The third kappa shape index (κ3) is 4.85. The summed E-state index contributed by atoms with van der Waals surface area (Å²) in [6.07, 6.45) is 1.59. The summed E-state index contributed by atoms with van der Waals surface area (Å²) in [5, 5.41) is 18.4. The van der Waals surface area contributed by atoms with Crippen molar-refractivity contribution in [1.82, 2.24) is 14.8 Å². The third-order valence-electron chi connectivity index (χ3n) is 4.56. The van der Waals surface area contributed by atoms with Crippen LogP contribution in [0, 0.1) is 11.3 Å². The van der Waals surface area contributed by atoms with Gasteiger partial charge in [0.05, 0.1) is 24.6 Å². The topological polar surface area (TPSA) is 87.9 Å². The number of carbonyl (C=O) groups excluding carboxylic acids is 1. The fourth-order valence-electron chi connectivity index (χ4n) is 3.10. The molecular formula is C23H19N5O2S. The van der Waals surface area contributed by atoms with E-state index in [0.29, 0.717) is 29.0 Å². The highest BCUT2D eigenvalue weighted by Gasteiger charge is 2.20. The zero-order valence-electron chi connectivity index (χ0n) is 16.6. The molecule has 0 unspecified atom stereocenters. The number of hydrogen-bond donors (Lipinski definition) is 0. The number of amides is 1. The number of nitrogens with zero attached hydrogens (tertiary/aromatic N) is 5. The number of carbonyl (C=O) groups is 1. The van der Waals surface area contributed by atoms with E-state index < -0.39 is 0 Å². The van der Waals surface area contributed by atoms with Gasteiger partial charge >= 0.3 is 0 Å². The van der Waals surface area contributed by atoms with Crippen LogP contribution in [-0.2, 0) is 11.3 Å². The molecule has 31 heavy (non-hydrogen) atoms. The van der Waals surface area contributed by atoms with Crippen LogP contribution in [0.25, 0.3) is 11.6 Å². The third-order valence-corrected chi connectivity index (χ3v) is 5.52. The second-order valence-corrected chi connectivity index (χ2v) is 7.56. The Kier molecular flexibility index (Phi) is 6.45. The van der Waals surface area contributed by atoms with Gasteiger partial charge in [-0.05, 0) is 29.8 Å². The van der Waals surface area contributed by atoms with E-state index in [0.717, 1.165) is 5.56 Å². The van der Waals surface area contributed by atoms with E-state index in [1.165, 1.54) is 16.7 Å². The van der Waals surface area contributed by atoms with Gasteiger partial charge in [-0.15, -0.1) is 10.2 Å². The summed E-state index contributed by atoms with van der Waals surface area (Å²) in [7, 11) is 0. The summed E-state index contributed by atoms with van der Waals surface area (Å²) in [4.78, 5) is 14.4. The Hall–Kier alpha value is -3.83. The largest absolute Gasteiger partial charge is 0.461 e. The molecular weight excluding hydrogens is 410 g/mol. The average Bonchev–Trinajstić information content (AvgIpc) is 3.47. The van der Waals surface area contributed by atoms with E-state index in [1.807, 2.05) is 71.3 Å². The van der Waals surface area contributed by atoms with Crippen molar-refractivity contribution in [3.05, 3.63) is 84.6 Å². The predicted octanol–water partition coefficient (Wildman–Crippen LogP) is 4.24. The van der Waals surface area contributed by atoms with Crippen molar-refractivity contribution in [2.75, 3.05) is 17.2 Å². The molecule has 4 aromatic rings. The lowest BCUT2D eigenvalue weighted by atomic mass is 10.2. The van der Waals surface area contributed by atoms with Crippen LogP contribution in [0.1, 0.15) is 5.56 Å². The van der Waals surface area contributed by atoms with Gasteiger partial charge in [0, 0.05) is 5.69 Å². The molecule has 0 saturated heterocycles. The molecule has 0 spiro atoms. The highest BCUT2D eigenvalue weighted by atomic mass is 32.2. The van der Waals surface area contributed by atoms with Crippen molar-refractivity contribution in [2.45, 2.75) is 11.7 Å². The van der Waals surface area contributed by atoms with Crippen molar-refractivity contribution in [1.29, 1.82) is 5.26 Å². The number of nitriles is 1. The Morgan fingerprint density at radius 2 is 1.77 bits per heavy atom. The lowest BCUT2D eigenvalue weighted by Crippen LogP contribution is -2.32. The van der Waals surface area contributed by atoms with E-state index in [-0.39, 0.29) is 18.2 Å². The molecule has 2 heterocycles. The summed E-state index contributed by atoms with van der Waals surface area (Å²) < 4.78 is 7.45. The molecule has 0 aliphatic rings. The first kappa shape index (κ1) is 20.4. The van der Waals surface area contributed by atoms with E-state index in [2.05, 4.69) is 16.3 Å². The van der Waals surface area contributed by atoms with Gasteiger partial charge in [0.25, 0.3) is 0 Å². The van der Waals surface area contributed by atoms with Crippen LogP contribution in [0.15, 0.2) is 88.6 Å². The van der Waals surface area contributed by atoms with Gasteiger partial charge in [-0.25, -0.2) is 0 Å². The van der Waals surface area contributed by atoms with Crippen molar-refractivity contribution >= 4 is 23.4 Å². The molecule has 0 bridgehead atoms. The molecule has 0 fully saturated rings. The van der Waals surface area contributed by atoms with Gasteiger partial charge in [-0.1, -0.05) is 60.3 Å². The molecule has 8 heteroatoms. The summed E-state index contributed by atoms with van der Waals surface area (Å²) in [6.45, 7) is 0.527. The van der Waals surface area contributed by atoms with Crippen molar-refractivity contribution < 1.29 is 9.21 Å². The Morgan fingerprint density at radius 3 is 2.45 bits per heavy atom. The molecule has 0 atom stereocenters. The van der Waals surface area contributed by atoms with Crippen LogP contribution in [-0.4, -0.2) is 33.0 Å². The van der Waals surface area contributed by atoms with E-state index in [1.54, 1.807) is 12.3 Å². The Balaban J connectivity index is 1.56. The maximum atomic E-state index is 12.9. The first-order chi connectivity index (χ1) is 15.3. The first-order valence-electron chi connectivity index (χ1n) is 9.62. The fraction of sp³-hybridized carbons (Fsp3) is 0.130. The Bertz CT molecular complexity index is 1170. The predicted molar refractivity (Wildman–Crippen MR) is 118 cm³/mol. The molecule has 2 aromatic heterocycles. The molecule has 7 nitrogen and oxygen atoms in total. The minimum atomic E-state index is -0.174. The molecule has 1 amide bonds. The van der Waals surface area contributed by atoms with Crippen molar-refractivity contribution in [3.8, 4) is 17.7 Å². The first-order valence-corrected chi connectivity index (χ1v) is 10.6. The molecule has 0 radical (unpaired) electrons. The number of furan rings is 1. The minimum absolute atomic E-state index is 0.0161. The molecule has 0 N–H and O–H groups in total. The van der Waals surface area contributed by atoms with Crippen LogP contribution >= 0.6 is 11.8 Å². The van der Waals surface area contributed by atoms with E-state index in [4.69, 9.17) is 9.68 Å². The lowest BCUT2D eigenvalue weighted by Gasteiger charge is -2.19. The minimum Gasteiger partial charge on any atom is -0.461 e. The summed E-state index contributed by atoms with van der Waals surface area (Å²) in [6, 6.07) is 24.8. The number of anilines is 1. The average molecular weight is 430 g/mol. The van der Waals surface area contributed by atoms with Gasteiger partial charge < -0.3 is 4.42 Å². The quantitative estimate of drug-likeness (QED) is 0.308. The second-order valence-electron chi connectivity index (χ2n) is 6.62. The smallest absolute Gasteiger partial charge is 0.238 e. The molecule has 0 aliphatic heterocycles. The van der Waals surface area contributed by atoms with Gasteiger partial charge in [0.2, 0.25) is 11.7 Å². The molecule has 2 aromatic carbocycles. The number of thioether (sulfide) groups is 1. The SMILES string of the molecule is N#CCN(C(=O)CSc1nnc(-c2ccco2)n1Cc1ccccc1)c1ccccc1. The lowest BCUT2D eigenvalue weighted by molar-refractivity contribution is -0.116. The fourth-order valence-corrected chi connectivity index (χ4v) is 3.91. The summed E-state index contributed by atoms with van der Waals surface area (Å²) in [5.41, 5.74) is 1.77. The zero-order chi connectivity index (χ0) is 21.5. The molecule has 154 valence electrons. The van der Waals surface area contributed by atoms with Crippen LogP contribution < -0.4 is 4.90 Å². The van der Waals surface area contributed by atoms with Gasteiger partial charge in [0.15, 0.2) is 10.9 Å².